The molecule has 2 saturated heterocycles. The number of Topliss-reactive ketones (excluding diaryl/α,β-unsaturated/α-hetero) is 1. The zero-order valence-corrected chi connectivity index (χ0v) is 16.3. The molecular formula is C23H27NO4. The van der Waals surface area contributed by atoms with Gasteiger partial charge in [0.25, 0.3) is 11.7 Å². The number of nitrogens with zero attached hydrogens (tertiary/aromatic N) is 1. The van der Waals surface area contributed by atoms with Crippen LogP contribution in [0.1, 0.15) is 43.2 Å². The van der Waals surface area contributed by atoms with E-state index in [1.54, 1.807) is 17.0 Å². The predicted molar refractivity (Wildman–Crippen MR) is 107 cm³/mol. The van der Waals surface area contributed by atoms with Crippen molar-refractivity contribution >= 4 is 17.4 Å². The SMILES string of the molecule is Cc1ccc(C(O)=C2C(=O)C(=O)N(CC3CCCO3)C2C2CC=CCC2)cc1. The Kier molecular flexibility index (Phi) is 5.36. The molecule has 0 bridgehead atoms. The number of ether oxygens (including phenoxy) is 1. The highest BCUT2D eigenvalue weighted by Crippen LogP contribution is 2.38. The van der Waals surface area contributed by atoms with Crippen LogP contribution >= 0.6 is 0 Å². The molecular weight excluding hydrogens is 354 g/mol. The van der Waals surface area contributed by atoms with Gasteiger partial charge in [-0.3, -0.25) is 9.59 Å². The van der Waals surface area contributed by atoms with Crippen LogP contribution in [0.4, 0.5) is 0 Å². The minimum Gasteiger partial charge on any atom is -0.507 e. The Morgan fingerprint density at radius 3 is 2.61 bits per heavy atom. The Morgan fingerprint density at radius 1 is 1.18 bits per heavy atom. The summed E-state index contributed by atoms with van der Waals surface area (Å²) in [5, 5.41) is 11.0. The molecule has 148 valence electrons. The van der Waals surface area contributed by atoms with Gasteiger partial charge in [0.05, 0.1) is 17.7 Å². The van der Waals surface area contributed by atoms with Gasteiger partial charge in [-0.05, 0) is 44.9 Å². The fourth-order valence-electron chi connectivity index (χ4n) is 4.57. The average Bonchev–Trinajstić information content (AvgIpc) is 3.31. The maximum absolute atomic E-state index is 13.0. The van der Waals surface area contributed by atoms with Gasteiger partial charge in [0.2, 0.25) is 0 Å². The molecule has 0 saturated carbocycles. The predicted octanol–water partition coefficient (Wildman–Crippen LogP) is 3.58. The summed E-state index contributed by atoms with van der Waals surface area (Å²) in [5.74, 6) is -1.02. The third-order valence-electron chi connectivity index (χ3n) is 6.09. The molecule has 3 aliphatic rings. The van der Waals surface area contributed by atoms with Crippen LogP contribution in [0.5, 0.6) is 0 Å². The second kappa shape index (κ2) is 7.92. The highest BCUT2D eigenvalue weighted by molar-refractivity contribution is 6.46. The van der Waals surface area contributed by atoms with Crippen LogP contribution in [0.15, 0.2) is 42.0 Å². The molecule has 3 atom stereocenters. The van der Waals surface area contributed by atoms with Crippen LogP contribution in [-0.2, 0) is 14.3 Å². The molecule has 3 unspecified atom stereocenters. The first-order chi connectivity index (χ1) is 13.6. The van der Waals surface area contributed by atoms with Gasteiger partial charge in [0, 0.05) is 18.7 Å². The van der Waals surface area contributed by atoms with E-state index >= 15 is 0 Å². The Bertz CT molecular complexity index is 818. The van der Waals surface area contributed by atoms with Crippen molar-refractivity contribution in [3.63, 3.8) is 0 Å². The summed E-state index contributed by atoms with van der Waals surface area (Å²) in [7, 11) is 0. The Balaban J connectivity index is 1.74. The quantitative estimate of drug-likeness (QED) is 0.375. The van der Waals surface area contributed by atoms with Crippen LogP contribution in [0, 0.1) is 12.8 Å². The lowest BCUT2D eigenvalue weighted by Crippen LogP contribution is -2.43. The summed E-state index contributed by atoms with van der Waals surface area (Å²) < 4.78 is 5.73. The summed E-state index contributed by atoms with van der Waals surface area (Å²) in [6.45, 7) is 3.09. The lowest BCUT2D eigenvalue weighted by atomic mass is 9.83. The van der Waals surface area contributed by atoms with Gasteiger partial charge in [-0.2, -0.15) is 0 Å². The van der Waals surface area contributed by atoms with E-state index in [-0.39, 0.29) is 23.4 Å². The van der Waals surface area contributed by atoms with E-state index in [9.17, 15) is 14.7 Å². The van der Waals surface area contributed by atoms with Crippen LogP contribution in [0.25, 0.3) is 5.76 Å². The van der Waals surface area contributed by atoms with E-state index in [1.807, 2.05) is 19.1 Å². The lowest BCUT2D eigenvalue weighted by molar-refractivity contribution is -0.141. The summed E-state index contributed by atoms with van der Waals surface area (Å²) in [4.78, 5) is 27.5. The van der Waals surface area contributed by atoms with Crippen molar-refractivity contribution in [3.8, 4) is 0 Å². The molecule has 1 aliphatic carbocycles. The van der Waals surface area contributed by atoms with Crippen LogP contribution in [0.3, 0.4) is 0 Å². The van der Waals surface area contributed by atoms with Gasteiger partial charge in [0.1, 0.15) is 5.76 Å². The second-order valence-electron chi connectivity index (χ2n) is 8.04. The number of hydrogen-bond acceptors (Lipinski definition) is 4. The molecule has 1 N–H and O–H groups in total. The zero-order chi connectivity index (χ0) is 19.7. The molecule has 1 aromatic rings. The number of hydrogen-bond donors (Lipinski definition) is 1. The average molecular weight is 381 g/mol. The van der Waals surface area contributed by atoms with E-state index in [1.165, 1.54) is 0 Å². The van der Waals surface area contributed by atoms with Gasteiger partial charge in [0.15, 0.2) is 0 Å². The second-order valence-corrected chi connectivity index (χ2v) is 8.04. The number of benzene rings is 1. The fourth-order valence-corrected chi connectivity index (χ4v) is 4.57. The molecule has 1 amide bonds. The van der Waals surface area contributed by atoms with E-state index in [0.717, 1.165) is 37.7 Å². The molecule has 5 heteroatoms. The molecule has 2 aliphatic heterocycles. The van der Waals surface area contributed by atoms with Crippen LogP contribution in [0.2, 0.25) is 0 Å². The summed E-state index contributed by atoms with van der Waals surface area (Å²) in [5.41, 5.74) is 1.91. The monoisotopic (exact) mass is 381 g/mol. The molecule has 0 radical (unpaired) electrons. The Morgan fingerprint density at radius 2 is 1.96 bits per heavy atom. The van der Waals surface area contributed by atoms with Crippen molar-refractivity contribution in [1.82, 2.24) is 4.90 Å². The fraction of sp³-hybridized carbons (Fsp3) is 0.478. The number of rotatable bonds is 4. The van der Waals surface area contributed by atoms with E-state index in [2.05, 4.69) is 12.2 Å². The molecule has 0 spiro atoms. The van der Waals surface area contributed by atoms with Crippen LogP contribution < -0.4 is 0 Å². The Hall–Kier alpha value is -2.40. The normalized spacial score (nSPS) is 29.6. The summed E-state index contributed by atoms with van der Waals surface area (Å²) in [6, 6.07) is 7.01. The van der Waals surface area contributed by atoms with Crippen molar-refractivity contribution in [2.75, 3.05) is 13.2 Å². The topological polar surface area (TPSA) is 66.8 Å². The minimum atomic E-state index is -0.573. The third-order valence-corrected chi connectivity index (χ3v) is 6.09. The van der Waals surface area contributed by atoms with Crippen molar-refractivity contribution in [3.05, 3.63) is 53.1 Å². The summed E-state index contributed by atoms with van der Waals surface area (Å²) >= 11 is 0. The van der Waals surface area contributed by atoms with Gasteiger partial charge in [-0.1, -0.05) is 42.0 Å². The molecule has 4 rings (SSSR count). The van der Waals surface area contributed by atoms with Crippen LogP contribution in [-0.4, -0.2) is 47.0 Å². The maximum Gasteiger partial charge on any atom is 0.295 e. The molecule has 1 aromatic carbocycles. The van der Waals surface area contributed by atoms with Gasteiger partial charge < -0.3 is 14.7 Å². The molecule has 2 fully saturated rings. The summed E-state index contributed by atoms with van der Waals surface area (Å²) in [6.07, 6.45) is 8.74. The number of amides is 1. The number of carbonyl (C=O) groups is 2. The number of likely N-dealkylation sites (tertiary alicyclic amines) is 1. The van der Waals surface area contributed by atoms with E-state index in [0.29, 0.717) is 18.7 Å². The number of aryl methyl sites for hydroxylation is 1. The van der Waals surface area contributed by atoms with E-state index in [4.69, 9.17) is 4.74 Å². The zero-order valence-electron chi connectivity index (χ0n) is 16.3. The first-order valence-corrected chi connectivity index (χ1v) is 10.2. The number of carbonyl (C=O) groups excluding carboxylic acids is 2. The largest absolute Gasteiger partial charge is 0.507 e. The standard InChI is InChI=1S/C23H27NO4/c1-15-9-11-17(12-10-15)21(25)19-20(16-6-3-2-4-7-16)24(23(27)22(19)26)14-18-8-5-13-28-18/h2-3,9-12,16,18,20,25H,4-8,13-14H2,1H3. The molecule has 28 heavy (non-hydrogen) atoms. The van der Waals surface area contributed by atoms with Crippen molar-refractivity contribution in [2.45, 2.75) is 51.2 Å². The minimum absolute atomic E-state index is 0.0285. The van der Waals surface area contributed by atoms with Gasteiger partial charge in [-0.15, -0.1) is 0 Å². The van der Waals surface area contributed by atoms with E-state index < -0.39 is 17.7 Å². The van der Waals surface area contributed by atoms with Gasteiger partial charge >= 0.3 is 0 Å². The first kappa shape index (κ1) is 18.9. The molecule has 2 heterocycles. The first-order valence-electron chi connectivity index (χ1n) is 10.2. The van der Waals surface area contributed by atoms with Gasteiger partial charge in [-0.25, -0.2) is 0 Å². The highest BCUT2D eigenvalue weighted by atomic mass is 16.5. The molecule has 0 aromatic heterocycles. The molecule has 5 nitrogen and oxygen atoms in total. The third kappa shape index (κ3) is 3.51. The van der Waals surface area contributed by atoms with Crippen molar-refractivity contribution in [1.29, 1.82) is 0 Å². The Labute approximate surface area is 165 Å². The maximum atomic E-state index is 13.0. The van der Waals surface area contributed by atoms with Crippen molar-refractivity contribution in [2.24, 2.45) is 5.92 Å². The highest BCUT2D eigenvalue weighted by Gasteiger charge is 2.49. The van der Waals surface area contributed by atoms with Crippen molar-refractivity contribution < 1.29 is 19.4 Å². The number of aliphatic hydroxyl groups is 1. The number of ketones is 1. The smallest absolute Gasteiger partial charge is 0.295 e. The number of aliphatic hydroxyl groups excluding tert-OH is 1. The number of allylic oxidation sites excluding steroid dienone is 2. The lowest BCUT2D eigenvalue weighted by Gasteiger charge is -2.33.